The number of benzene rings is 1. The van der Waals surface area contributed by atoms with E-state index in [0.717, 1.165) is 25.3 Å². The van der Waals surface area contributed by atoms with Gasteiger partial charge in [0.25, 0.3) is 0 Å². The molecule has 0 heterocycles. The van der Waals surface area contributed by atoms with Gasteiger partial charge >= 0.3 is 0 Å². The van der Waals surface area contributed by atoms with Gasteiger partial charge in [-0.05, 0) is 38.1 Å². The van der Waals surface area contributed by atoms with Crippen molar-refractivity contribution in [3.05, 3.63) is 29.8 Å². The Kier molecular flexibility index (Phi) is 5.29. The second-order valence-electron chi connectivity index (χ2n) is 4.28. The van der Waals surface area contributed by atoms with Gasteiger partial charge < -0.3 is 15.4 Å². The molecular formula is C13H22N2O. The number of nitrogen functional groups attached to an aromatic ring is 1. The summed E-state index contributed by atoms with van der Waals surface area (Å²) in [6.45, 7) is 3.96. The van der Waals surface area contributed by atoms with Crippen molar-refractivity contribution < 1.29 is 4.74 Å². The highest BCUT2D eigenvalue weighted by atomic mass is 16.5. The highest BCUT2D eigenvalue weighted by Gasteiger charge is 2.08. The number of hydrogen-bond acceptors (Lipinski definition) is 3. The molecule has 90 valence electrons. The summed E-state index contributed by atoms with van der Waals surface area (Å²) in [6, 6.07) is 8.52. The van der Waals surface area contributed by atoms with Crippen LogP contribution in [-0.4, -0.2) is 38.3 Å². The Morgan fingerprint density at radius 3 is 2.81 bits per heavy atom. The highest BCUT2D eigenvalue weighted by Crippen LogP contribution is 2.08. The van der Waals surface area contributed by atoms with E-state index in [1.54, 1.807) is 7.11 Å². The quantitative estimate of drug-likeness (QED) is 0.746. The van der Waals surface area contributed by atoms with E-state index >= 15 is 0 Å². The monoisotopic (exact) mass is 222 g/mol. The molecule has 0 bridgehead atoms. The molecule has 1 atom stereocenters. The molecule has 0 aliphatic heterocycles. The van der Waals surface area contributed by atoms with Crippen LogP contribution in [0.25, 0.3) is 0 Å². The second kappa shape index (κ2) is 6.51. The maximum absolute atomic E-state index is 5.74. The van der Waals surface area contributed by atoms with E-state index in [1.807, 2.05) is 18.2 Å². The van der Waals surface area contributed by atoms with Gasteiger partial charge in [-0.25, -0.2) is 0 Å². The third-order valence-electron chi connectivity index (χ3n) is 2.86. The topological polar surface area (TPSA) is 38.5 Å². The summed E-state index contributed by atoms with van der Waals surface area (Å²) < 4.78 is 5.13. The van der Waals surface area contributed by atoms with E-state index in [0.29, 0.717) is 6.04 Å². The van der Waals surface area contributed by atoms with Crippen molar-refractivity contribution in [3.8, 4) is 0 Å². The molecule has 1 unspecified atom stereocenters. The largest absolute Gasteiger partial charge is 0.399 e. The van der Waals surface area contributed by atoms with Crippen LogP contribution in [0.4, 0.5) is 5.69 Å². The van der Waals surface area contributed by atoms with Crippen LogP contribution in [0.1, 0.15) is 12.5 Å². The lowest BCUT2D eigenvalue weighted by Gasteiger charge is -2.23. The molecule has 0 fully saturated rings. The standard InChI is InChI=1S/C13H22N2O/c1-11(10-16-3)15(2)8-7-12-5-4-6-13(14)9-12/h4-6,9,11H,7-8,10,14H2,1-3H3. The SMILES string of the molecule is COCC(C)N(C)CCc1cccc(N)c1. The van der Waals surface area contributed by atoms with Crippen LogP contribution in [0, 0.1) is 0 Å². The minimum Gasteiger partial charge on any atom is -0.399 e. The summed E-state index contributed by atoms with van der Waals surface area (Å²) in [5, 5.41) is 0. The number of likely N-dealkylation sites (N-methyl/N-ethyl adjacent to an activating group) is 1. The number of nitrogens with zero attached hydrogens (tertiary/aromatic N) is 1. The van der Waals surface area contributed by atoms with Crippen LogP contribution in [-0.2, 0) is 11.2 Å². The van der Waals surface area contributed by atoms with Gasteiger partial charge in [0.2, 0.25) is 0 Å². The van der Waals surface area contributed by atoms with Gasteiger partial charge in [0, 0.05) is 25.4 Å². The number of ether oxygens (including phenoxy) is 1. The molecule has 16 heavy (non-hydrogen) atoms. The van der Waals surface area contributed by atoms with Crippen LogP contribution in [0.5, 0.6) is 0 Å². The molecule has 0 saturated heterocycles. The Hall–Kier alpha value is -1.06. The summed E-state index contributed by atoms with van der Waals surface area (Å²) in [6.07, 6.45) is 1.02. The molecule has 0 aromatic heterocycles. The lowest BCUT2D eigenvalue weighted by atomic mass is 10.1. The van der Waals surface area contributed by atoms with Crippen LogP contribution in [0.3, 0.4) is 0 Å². The first-order valence-corrected chi connectivity index (χ1v) is 5.67. The fraction of sp³-hybridized carbons (Fsp3) is 0.538. The number of rotatable bonds is 6. The molecule has 1 rings (SSSR count). The average Bonchev–Trinajstić information content (AvgIpc) is 2.26. The zero-order valence-electron chi connectivity index (χ0n) is 10.4. The Morgan fingerprint density at radius 1 is 1.44 bits per heavy atom. The highest BCUT2D eigenvalue weighted by molar-refractivity contribution is 5.40. The number of nitrogens with two attached hydrogens (primary N) is 1. The lowest BCUT2D eigenvalue weighted by molar-refractivity contribution is 0.116. The predicted molar refractivity (Wildman–Crippen MR) is 68.5 cm³/mol. The summed E-state index contributed by atoms with van der Waals surface area (Å²) in [7, 11) is 3.86. The van der Waals surface area contributed by atoms with E-state index in [1.165, 1.54) is 5.56 Å². The normalized spacial score (nSPS) is 13.0. The Morgan fingerprint density at radius 2 is 2.19 bits per heavy atom. The van der Waals surface area contributed by atoms with Crippen molar-refractivity contribution in [2.24, 2.45) is 0 Å². The van der Waals surface area contributed by atoms with E-state index in [-0.39, 0.29) is 0 Å². The van der Waals surface area contributed by atoms with Gasteiger partial charge in [-0.3, -0.25) is 0 Å². The van der Waals surface area contributed by atoms with Gasteiger partial charge in [0.05, 0.1) is 6.61 Å². The maximum Gasteiger partial charge on any atom is 0.0615 e. The number of hydrogen-bond donors (Lipinski definition) is 1. The zero-order chi connectivity index (χ0) is 12.0. The molecule has 1 aromatic carbocycles. The van der Waals surface area contributed by atoms with Gasteiger partial charge in [0.1, 0.15) is 0 Å². The molecule has 0 aliphatic rings. The molecule has 3 nitrogen and oxygen atoms in total. The molecule has 0 saturated carbocycles. The zero-order valence-corrected chi connectivity index (χ0v) is 10.4. The van der Waals surface area contributed by atoms with E-state index in [9.17, 15) is 0 Å². The fourth-order valence-electron chi connectivity index (χ4n) is 1.64. The Labute approximate surface area is 98.2 Å². The van der Waals surface area contributed by atoms with Crippen LogP contribution < -0.4 is 5.73 Å². The first-order valence-electron chi connectivity index (χ1n) is 5.67. The first-order chi connectivity index (χ1) is 7.63. The third kappa shape index (κ3) is 4.21. The second-order valence-corrected chi connectivity index (χ2v) is 4.28. The van der Waals surface area contributed by atoms with Crippen molar-refractivity contribution in [1.82, 2.24) is 4.90 Å². The average molecular weight is 222 g/mol. The summed E-state index contributed by atoms with van der Waals surface area (Å²) in [5.41, 5.74) is 7.87. The van der Waals surface area contributed by atoms with Crippen molar-refractivity contribution in [2.45, 2.75) is 19.4 Å². The van der Waals surface area contributed by atoms with Gasteiger partial charge in [-0.2, -0.15) is 0 Å². The molecule has 0 amide bonds. The number of methoxy groups -OCH3 is 1. The maximum atomic E-state index is 5.74. The van der Waals surface area contributed by atoms with Crippen molar-refractivity contribution in [1.29, 1.82) is 0 Å². The van der Waals surface area contributed by atoms with E-state index < -0.39 is 0 Å². The lowest BCUT2D eigenvalue weighted by Crippen LogP contribution is -2.34. The molecule has 0 spiro atoms. The minimum atomic E-state index is 0.450. The van der Waals surface area contributed by atoms with E-state index in [2.05, 4.69) is 24.9 Å². The van der Waals surface area contributed by atoms with Gasteiger partial charge in [-0.15, -0.1) is 0 Å². The smallest absolute Gasteiger partial charge is 0.0615 e. The first kappa shape index (κ1) is 13.0. The summed E-state index contributed by atoms with van der Waals surface area (Å²) in [5.74, 6) is 0. The summed E-state index contributed by atoms with van der Waals surface area (Å²) in [4.78, 5) is 2.30. The van der Waals surface area contributed by atoms with Crippen molar-refractivity contribution in [3.63, 3.8) is 0 Å². The number of anilines is 1. The van der Waals surface area contributed by atoms with Crippen LogP contribution in [0.2, 0.25) is 0 Å². The molecule has 0 aliphatic carbocycles. The minimum absolute atomic E-state index is 0.450. The molecule has 0 radical (unpaired) electrons. The predicted octanol–water partition coefficient (Wildman–Crippen LogP) is 1.78. The summed E-state index contributed by atoms with van der Waals surface area (Å²) >= 11 is 0. The Balaban J connectivity index is 2.39. The fourth-order valence-corrected chi connectivity index (χ4v) is 1.64. The molecular weight excluding hydrogens is 200 g/mol. The molecule has 3 heteroatoms. The molecule has 2 N–H and O–H groups in total. The molecule has 1 aromatic rings. The van der Waals surface area contributed by atoms with Crippen molar-refractivity contribution >= 4 is 5.69 Å². The Bertz CT molecular complexity index is 315. The van der Waals surface area contributed by atoms with Gasteiger partial charge in [-0.1, -0.05) is 12.1 Å². The van der Waals surface area contributed by atoms with Crippen LogP contribution in [0.15, 0.2) is 24.3 Å². The van der Waals surface area contributed by atoms with Crippen molar-refractivity contribution in [2.75, 3.05) is 33.0 Å². The third-order valence-corrected chi connectivity index (χ3v) is 2.86. The van der Waals surface area contributed by atoms with Crippen LogP contribution >= 0.6 is 0 Å². The van der Waals surface area contributed by atoms with E-state index in [4.69, 9.17) is 10.5 Å². The van der Waals surface area contributed by atoms with Gasteiger partial charge in [0.15, 0.2) is 0 Å².